The molecule has 0 unspecified atom stereocenters. The molecule has 0 spiro atoms. The maximum Gasteiger partial charge on any atom is 0.274 e. The average Bonchev–Trinajstić information content (AvgIpc) is 2.74. The summed E-state index contributed by atoms with van der Waals surface area (Å²) in [6.45, 7) is 1.11. The molecule has 0 N–H and O–H groups in total. The monoisotopic (exact) mass is 377 g/mol. The largest absolute Gasteiger partial charge is 0.383 e. The Morgan fingerprint density at radius 3 is 2.36 bits per heavy atom. The summed E-state index contributed by atoms with van der Waals surface area (Å²) in [5.74, 6) is -0.238. The topological polar surface area (TPSA) is 64.4 Å². The summed E-state index contributed by atoms with van der Waals surface area (Å²) in [6, 6.07) is 21.1. The van der Waals surface area contributed by atoms with Crippen molar-refractivity contribution < 1.29 is 9.53 Å². The Labute approximate surface area is 164 Å². The van der Waals surface area contributed by atoms with E-state index in [4.69, 9.17) is 4.74 Å². The fourth-order valence-corrected chi connectivity index (χ4v) is 2.88. The zero-order valence-corrected chi connectivity index (χ0v) is 16.0. The number of hydrogen-bond donors (Lipinski definition) is 0. The van der Waals surface area contributed by atoms with Crippen LogP contribution in [0.5, 0.6) is 0 Å². The van der Waals surface area contributed by atoms with Crippen LogP contribution in [0, 0.1) is 0 Å². The van der Waals surface area contributed by atoms with Gasteiger partial charge < -0.3 is 9.64 Å². The second-order valence-corrected chi connectivity index (χ2v) is 6.50. The van der Waals surface area contributed by atoms with Gasteiger partial charge in [-0.05, 0) is 22.8 Å². The molecule has 3 aromatic rings. The van der Waals surface area contributed by atoms with E-state index in [2.05, 4.69) is 17.2 Å². The minimum atomic E-state index is -0.257. The lowest BCUT2D eigenvalue weighted by atomic mass is 10.0. The maximum absolute atomic E-state index is 12.7. The van der Waals surface area contributed by atoms with Crippen LogP contribution < -0.4 is 5.56 Å². The first-order valence-electron chi connectivity index (χ1n) is 9.05. The molecule has 0 saturated heterocycles. The summed E-state index contributed by atoms with van der Waals surface area (Å²) in [4.78, 5) is 26.1. The minimum absolute atomic E-state index is 0.235. The highest BCUT2D eigenvalue weighted by Crippen LogP contribution is 2.19. The number of benzene rings is 2. The fourth-order valence-electron chi connectivity index (χ4n) is 2.88. The molecule has 0 radical (unpaired) electrons. The molecule has 0 aliphatic rings. The van der Waals surface area contributed by atoms with Gasteiger partial charge in [-0.15, -0.1) is 0 Å². The molecule has 6 nitrogen and oxygen atoms in total. The number of rotatable bonds is 7. The van der Waals surface area contributed by atoms with Crippen LogP contribution in [0.4, 0.5) is 0 Å². The highest BCUT2D eigenvalue weighted by molar-refractivity contribution is 5.91. The van der Waals surface area contributed by atoms with Crippen molar-refractivity contribution in [2.45, 2.75) is 13.1 Å². The first-order chi connectivity index (χ1) is 13.6. The molecule has 2 aromatic carbocycles. The molecule has 0 atom stereocenters. The van der Waals surface area contributed by atoms with Crippen LogP contribution in [0.1, 0.15) is 16.1 Å². The molecule has 0 aliphatic heterocycles. The number of nitrogens with zero attached hydrogens (tertiary/aromatic N) is 3. The number of amides is 1. The Bertz CT molecular complexity index is 982. The van der Waals surface area contributed by atoms with E-state index in [1.165, 1.54) is 16.8 Å². The average molecular weight is 377 g/mol. The van der Waals surface area contributed by atoms with Crippen molar-refractivity contribution in [2.24, 2.45) is 0 Å². The van der Waals surface area contributed by atoms with E-state index >= 15 is 0 Å². The SMILES string of the molecule is COCCn1nc(C(=O)N(C)Cc2ccc(-c3ccccc3)cc2)ccc1=O. The van der Waals surface area contributed by atoms with Crippen molar-refractivity contribution >= 4 is 5.91 Å². The highest BCUT2D eigenvalue weighted by Gasteiger charge is 2.15. The quantitative estimate of drug-likeness (QED) is 0.635. The minimum Gasteiger partial charge on any atom is -0.383 e. The zero-order valence-electron chi connectivity index (χ0n) is 16.0. The Balaban J connectivity index is 1.69. The second kappa shape index (κ2) is 9.10. The highest BCUT2D eigenvalue weighted by atomic mass is 16.5. The number of hydrogen-bond acceptors (Lipinski definition) is 4. The molecule has 144 valence electrons. The summed E-state index contributed by atoms with van der Waals surface area (Å²) in [7, 11) is 3.27. The van der Waals surface area contributed by atoms with Gasteiger partial charge in [0.15, 0.2) is 0 Å². The van der Waals surface area contributed by atoms with Gasteiger partial charge in [0, 0.05) is 26.8 Å². The summed E-state index contributed by atoms with van der Waals surface area (Å²) >= 11 is 0. The lowest BCUT2D eigenvalue weighted by molar-refractivity contribution is 0.0775. The van der Waals surface area contributed by atoms with Gasteiger partial charge in [-0.1, -0.05) is 54.6 Å². The van der Waals surface area contributed by atoms with E-state index in [0.717, 1.165) is 16.7 Å². The number of ether oxygens (including phenoxy) is 1. The van der Waals surface area contributed by atoms with E-state index in [9.17, 15) is 9.59 Å². The summed E-state index contributed by atoms with van der Waals surface area (Å²) in [5, 5.41) is 4.16. The predicted molar refractivity (Wildman–Crippen MR) is 108 cm³/mol. The van der Waals surface area contributed by atoms with Crippen molar-refractivity contribution in [2.75, 3.05) is 20.8 Å². The lowest BCUT2D eigenvalue weighted by Crippen LogP contribution is -2.31. The van der Waals surface area contributed by atoms with Crippen LogP contribution in [0.25, 0.3) is 11.1 Å². The molecule has 3 rings (SSSR count). The molecule has 0 bridgehead atoms. The molecule has 0 fully saturated rings. The van der Waals surface area contributed by atoms with Gasteiger partial charge in [-0.2, -0.15) is 5.10 Å². The van der Waals surface area contributed by atoms with Gasteiger partial charge >= 0.3 is 0 Å². The van der Waals surface area contributed by atoms with Gasteiger partial charge in [0.25, 0.3) is 11.5 Å². The van der Waals surface area contributed by atoms with E-state index in [1.807, 2.05) is 42.5 Å². The van der Waals surface area contributed by atoms with Crippen molar-refractivity contribution in [1.29, 1.82) is 0 Å². The van der Waals surface area contributed by atoms with Crippen LogP contribution in [-0.4, -0.2) is 41.4 Å². The van der Waals surface area contributed by atoms with Crippen molar-refractivity contribution in [3.05, 3.63) is 88.3 Å². The molecular formula is C22H23N3O3. The molecular weight excluding hydrogens is 354 g/mol. The lowest BCUT2D eigenvalue weighted by Gasteiger charge is -2.17. The third kappa shape index (κ3) is 4.72. The van der Waals surface area contributed by atoms with Crippen LogP contribution in [0.3, 0.4) is 0 Å². The third-order valence-electron chi connectivity index (χ3n) is 4.42. The molecule has 0 aliphatic carbocycles. The number of aromatic nitrogens is 2. The number of methoxy groups -OCH3 is 1. The Morgan fingerprint density at radius 2 is 1.68 bits per heavy atom. The van der Waals surface area contributed by atoms with Gasteiger partial charge in [0.1, 0.15) is 5.69 Å². The zero-order chi connectivity index (χ0) is 19.9. The van der Waals surface area contributed by atoms with Crippen LogP contribution in [-0.2, 0) is 17.8 Å². The third-order valence-corrected chi connectivity index (χ3v) is 4.42. The van der Waals surface area contributed by atoms with E-state index < -0.39 is 0 Å². The summed E-state index contributed by atoms with van der Waals surface area (Å²) < 4.78 is 6.22. The molecule has 28 heavy (non-hydrogen) atoms. The summed E-state index contributed by atoms with van der Waals surface area (Å²) in [5.41, 5.74) is 3.28. The van der Waals surface area contributed by atoms with Crippen LogP contribution in [0.2, 0.25) is 0 Å². The van der Waals surface area contributed by atoms with Crippen LogP contribution in [0.15, 0.2) is 71.5 Å². The first-order valence-corrected chi connectivity index (χ1v) is 9.05. The molecule has 6 heteroatoms. The Hall–Kier alpha value is -3.25. The summed E-state index contributed by atoms with van der Waals surface area (Å²) in [6.07, 6.45) is 0. The van der Waals surface area contributed by atoms with E-state index in [-0.39, 0.29) is 17.2 Å². The second-order valence-electron chi connectivity index (χ2n) is 6.50. The standard InChI is InChI=1S/C22H23N3O3/c1-24(22(27)20-12-13-21(26)25(23-20)14-15-28-2)16-17-8-10-19(11-9-17)18-6-4-3-5-7-18/h3-13H,14-16H2,1-2H3. The maximum atomic E-state index is 12.7. The van der Waals surface area contributed by atoms with Crippen molar-refractivity contribution in [1.82, 2.24) is 14.7 Å². The molecule has 1 heterocycles. The molecule has 0 saturated carbocycles. The molecule has 1 amide bonds. The van der Waals surface area contributed by atoms with Gasteiger partial charge in [-0.25, -0.2) is 4.68 Å². The normalized spacial score (nSPS) is 10.6. The van der Waals surface area contributed by atoms with Crippen LogP contribution >= 0.6 is 0 Å². The Morgan fingerprint density at radius 1 is 1.00 bits per heavy atom. The number of carbonyl (C=O) groups excluding carboxylic acids is 1. The van der Waals surface area contributed by atoms with Gasteiger partial charge in [0.2, 0.25) is 0 Å². The molecule has 1 aromatic heterocycles. The number of carbonyl (C=O) groups is 1. The van der Waals surface area contributed by atoms with Crippen molar-refractivity contribution in [3.8, 4) is 11.1 Å². The van der Waals surface area contributed by atoms with E-state index in [1.54, 1.807) is 19.1 Å². The fraction of sp³-hybridized carbons (Fsp3) is 0.227. The van der Waals surface area contributed by atoms with E-state index in [0.29, 0.717) is 19.7 Å². The van der Waals surface area contributed by atoms with Crippen molar-refractivity contribution in [3.63, 3.8) is 0 Å². The predicted octanol–water partition coefficient (Wildman–Crippen LogP) is 2.83. The van der Waals surface area contributed by atoms with Gasteiger partial charge in [-0.3, -0.25) is 9.59 Å². The van der Waals surface area contributed by atoms with Gasteiger partial charge in [0.05, 0.1) is 13.2 Å². The Kier molecular flexibility index (Phi) is 6.34. The smallest absolute Gasteiger partial charge is 0.274 e. The first kappa shape index (κ1) is 19.5.